The van der Waals surface area contributed by atoms with Crippen molar-refractivity contribution in [3.8, 4) is 6.07 Å². The number of hydrogen-bond acceptors (Lipinski definition) is 3. The van der Waals surface area contributed by atoms with Crippen LogP contribution >= 0.6 is 11.6 Å². The summed E-state index contributed by atoms with van der Waals surface area (Å²) in [5.41, 5.74) is 0. The summed E-state index contributed by atoms with van der Waals surface area (Å²) in [5.74, 6) is 0.0124. The van der Waals surface area contributed by atoms with Gasteiger partial charge in [0.15, 0.2) is 0 Å². The smallest absolute Gasteiger partial charge is 0.225 e. The molecular weight excluding hydrogens is 192 g/mol. The van der Waals surface area contributed by atoms with Crippen molar-refractivity contribution in [2.75, 3.05) is 26.3 Å². The fourth-order valence-electron chi connectivity index (χ4n) is 1.15. The summed E-state index contributed by atoms with van der Waals surface area (Å²) in [6.07, 6.45) is 0.384. The predicted octanol–water partition coefficient (Wildman–Crippen LogP) is 0.366. The number of carbonyl (C=O) groups is 1. The molecular formula is C8H11ClN2O2. The lowest BCUT2D eigenvalue weighted by molar-refractivity contribution is -0.130. The molecule has 0 N–H and O–H groups in total. The molecule has 0 radical (unpaired) electrons. The molecule has 1 fully saturated rings. The zero-order valence-electron chi connectivity index (χ0n) is 7.20. The van der Waals surface area contributed by atoms with Gasteiger partial charge in [-0.1, -0.05) is 0 Å². The Morgan fingerprint density at radius 1 is 1.69 bits per heavy atom. The molecule has 0 aliphatic carbocycles. The average molecular weight is 203 g/mol. The SMILES string of the molecule is N#CC(Cl)CN1CCOCCC1=O. The normalized spacial score (nSPS) is 20.6. The molecule has 72 valence electrons. The summed E-state index contributed by atoms with van der Waals surface area (Å²) in [5, 5.41) is 7.85. The number of hydrogen-bond donors (Lipinski definition) is 0. The monoisotopic (exact) mass is 202 g/mol. The van der Waals surface area contributed by atoms with Gasteiger partial charge in [0, 0.05) is 6.54 Å². The Bertz CT molecular complexity index is 227. The number of nitrogens with zero attached hydrogens (tertiary/aromatic N) is 2. The van der Waals surface area contributed by atoms with E-state index in [1.54, 1.807) is 4.90 Å². The van der Waals surface area contributed by atoms with Crippen LogP contribution < -0.4 is 0 Å². The van der Waals surface area contributed by atoms with Crippen molar-refractivity contribution >= 4 is 17.5 Å². The van der Waals surface area contributed by atoms with Crippen LogP contribution in [0.5, 0.6) is 0 Å². The molecule has 1 atom stereocenters. The van der Waals surface area contributed by atoms with Gasteiger partial charge in [0.05, 0.1) is 32.2 Å². The van der Waals surface area contributed by atoms with Crippen LogP contribution in [-0.4, -0.2) is 42.5 Å². The molecule has 4 nitrogen and oxygen atoms in total. The molecule has 5 heteroatoms. The third kappa shape index (κ3) is 3.21. The Balaban J connectivity index is 2.46. The number of ether oxygens (including phenoxy) is 1. The molecule has 1 unspecified atom stereocenters. The van der Waals surface area contributed by atoms with Crippen LogP contribution in [-0.2, 0) is 9.53 Å². The highest BCUT2D eigenvalue weighted by Crippen LogP contribution is 2.04. The number of halogens is 1. The van der Waals surface area contributed by atoms with E-state index in [-0.39, 0.29) is 5.91 Å². The number of alkyl halides is 1. The van der Waals surface area contributed by atoms with Gasteiger partial charge in [-0.05, 0) is 0 Å². The van der Waals surface area contributed by atoms with Gasteiger partial charge in [0.25, 0.3) is 0 Å². The Kier molecular flexibility index (Phi) is 4.00. The van der Waals surface area contributed by atoms with Crippen molar-refractivity contribution in [3.63, 3.8) is 0 Å². The zero-order chi connectivity index (χ0) is 9.68. The van der Waals surface area contributed by atoms with Crippen LogP contribution in [0.2, 0.25) is 0 Å². The number of rotatable bonds is 2. The first-order chi connectivity index (χ1) is 6.24. The van der Waals surface area contributed by atoms with E-state index in [4.69, 9.17) is 21.6 Å². The minimum atomic E-state index is -0.623. The Labute approximate surface area is 82.0 Å². The summed E-state index contributed by atoms with van der Waals surface area (Å²) in [7, 11) is 0. The number of amides is 1. The third-order valence-electron chi connectivity index (χ3n) is 1.84. The molecule has 0 aromatic carbocycles. The maximum Gasteiger partial charge on any atom is 0.225 e. The summed E-state index contributed by atoms with van der Waals surface area (Å²) in [6, 6.07) is 1.88. The Hall–Kier alpha value is -0.790. The fraction of sp³-hybridized carbons (Fsp3) is 0.750. The summed E-state index contributed by atoms with van der Waals surface area (Å²) in [6.45, 7) is 1.82. The highest BCUT2D eigenvalue weighted by atomic mass is 35.5. The van der Waals surface area contributed by atoms with Crippen LogP contribution in [0.15, 0.2) is 0 Å². The first kappa shape index (κ1) is 10.3. The quantitative estimate of drug-likeness (QED) is 0.608. The van der Waals surface area contributed by atoms with E-state index in [1.807, 2.05) is 6.07 Å². The molecule has 1 rings (SSSR count). The van der Waals surface area contributed by atoms with Gasteiger partial charge >= 0.3 is 0 Å². The first-order valence-electron chi connectivity index (χ1n) is 4.13. The molecule has 1 saturated heterocycles. The lowest BCUT2D eigenvalue weighted by atomic mass is 10.3. The standard InChI is InChI=1S/C8H11ClN2O2/c9-7(5-10)6-11-2-4-13-3-1-8(11)12/h7H,1-4,6H2. The van der Waals surface area contributed by atoms with E-state index >= 15 is 0 Å². The number of nitriles is 1. The molecule has 13 heavy (non-hydrogen) atoms. The van der Waals surface area contributed by atoms with Crippen LogP contribution in [0.3, 0.4) is 0 Å². The molecule has 1 aliphatic rings. The van der Waals surface area contributed by atoms with Crippen LogP contribution in [0.4, 0.5) is 0 Å². The topological polar surface area (TPSA) is 53.3 Å². The van der Waals surface area contributed by atoms with Crippen molar-refractivity contribution in [1.29, 1.82) is 5.26 Å². The lowest BCUT2D eigenvalue weighted by Gasteiger charge is -2.19. The van der Waals surface area contributed by atoms with Crippen LogP contribution in [0, 0.1) is 11.3 Å². The zero-order valence-corrected chi connectivity index (χ0v) is 7.96. The highest BCUT2D eigenvalue weighted by Gasteiger charge is 2.19. The largest absolute Gasteiger partial charge is 0.379 e. The van der Waals surface area contributed by atoms with Crippen LogP contribution in [0.1, 0.15) is 6.42 Å². The van der Waals surface area contributed by atoms with Crippen molar-refractivity contribution < 1.29 is 9.53 Å². The van der Waals surface area contributed by atoms with E-state index in [9.17, 15) is 4.79 Å². The molecule has 0 bridgehead atoms. The van der Waals surface area contributed by atoms with Gasteiger partial charge in [0.1, 0.15) is 5.38 Å². The summed E-state index contributed by atoms with van der Waals surface area (Å²) < 4.78 is 5.12. The molecule has 0 spiro atoms. The fourth-order valence-corrected chi connectivity index (χ4v) is 1.31. The number of carbonyl (C=O) groups excluding carboxylic acids is 1. The van der Waals surface area contributed by atoms with Gasteiger partial charge in [-0.2, -0.15) is 5.26 Å². The maximum absolute atomic E-state index is 11.3. The first-order valence-corrected chi connectivity index (χ1v) is 4.57. The molecule has 0 aromatic heterocycles. The lowest BCUT2D eigenvalue weighted by Crippen LogP contribution is -2.36. The molecule has 0 saturated carbocycles. The summed E-state index contributed by atoms with van der Waals surface area (Å²) in [4.78, 5) is 12.9. The molecule has 1 aliphatic heterocycles. The van der Waals surface area contributed by atoms with E-state index in [1.165, 1.54) is 0 Å². The second-order valence-electron chi connectivity index (χ2n) is 2.80. The Morgan fingerprint density at radius 2 is 2.46 bits per heavy atom. The van der Waals surface area contributed by atoms with E-state index in [0.717, 1.165) is 0 Å². The van der Waals surface area contributed by atoms with Gasteiger partial charge in [-0.3, -0.25) is 4.79 Å². The van der Waals surface area contributed by atoms with Crippen LogP contribution in [0.25, 0.3) is 0 Å². The maximum atomic E-state index is 11.3. The predicted molar refractivity (Wildman–Crippen MR) is 47.3 cm³/mol. The second kappa shape index (κ2) is 5.05. The van der Waals surface area contributed by atoms with Gasteiger partial charge in [-0.15, -0.1) is 11.6 Å². The second-order valence-corrected chi connectivity index (χ2v) is 3.33. The minimum absolute atomic E-state index is 0.0124. The molecule has 1 heterocycles. The highest BCUT2D eigenvalue weighted by molar-refractivity contribution is 6.22. The van der Waals surface area contributed by atoms with Gasteiger partial charge in [0.2, 0.25) is 5.91 Å². The summed E-state index contributed by atoms with van der Waals surface area (Å²) >= 11 is 5.62. The minimum Gasteiger partial charge on any atom is -0.379 e. The van der Waals surface area contributed by atoms with E-state index in [0.29, 0.717) is 32.7 Å². The third-order valence-corrected chi connectivity index (χ3v) is 2.07. The van der Waals surface area contributed by atoms with Gasteiger partial charge in [-0.25, -0.2) is 0 Å². The average Bonchev–Trinajstić information content (AvgIpc) is 2.32. The molecule has 0 aromatic rings. The molecule has 1 amide bonds. The van der Waals surface area contributed by atoms with Crippen molar-refractivity contribution in [2.45, 2.75) is 11.8 Å². The van der Waals surface area contributed by atoms with Crippen molar-refractivity contribution in [3.05, 3.63) is 0 Å². The Morgan fingerprint density at radius 3 is 3.15 bits per heavy atom. The van der Waals surface area contributed by atoms with E-state index < -0.39 is 5.38 Å². The van der Waals surface area contributed by atoms with Gasteiger partial charge < -0.3 is 9.64 Å². The van der Waals surface area contributed by atoms with Crippen molar-refractivity contribution in [1.82, 2.24) is 4.90 Å². The van der Waals surface area contributed by atoms with Crippen molar-refractivity contribution in [2.24, 2.45) is 0 Å². The van der Waals surface area contributed by atoms with E-state index in [2.05, 4.69) is 0 Å².